The van der Waals surface area contributed by atoms with Crippen LogP contribution in [0.15, 0.2) is 78.9 Å². The lowest BCUT2D eigenvalue weighted by atomic mass is 9.75. The summed E-state index contributed by atoms with van der Waals surface area (Å²) in [5.74, 6) is 1.11. The smallest absolute Gasteiger partial charge is 0.267 e. The lowest BCUT2D eigenvalue weighted by Crippen LogP contribution is -2.17. The average Bonchev–Trinajstić information content (AvgIpc) is 3.24. The summed E-state index contributed by atoms with van der Waals surface area (Å²) in [6.07, 6.45) is 5.76. The van der Waals surface area contributed by atoms with Gasteiger partial charge in [-0.1, -0.05) is 93.6 Å². The van der Waals surface area contributed by atoms with Crippen molar-refractivity contribution >= 4 is 22.8 Å². The average molecular weight is 435 g/mol. The van der Waals surface area contributed by atoms with Gasteiger partial charge in [0, 0.05) is 23.1 Å². The van der Waals surface area contributed by atoms with E-state index in [4.69, 9.17) is 5.10 Å². The molecule has 0 spiro atoms. The maximum Gasteiger partial charge on any atom is 0.271 e. The second-order valence-corrected chi connectivity index (χ2v) is 9.50. The van der Waals surface area contributed by atoms with Gasteiger partial charge in [0.25, 0.3) is 5.91 Å². The van der Waals surface area contributed by atoms with Crippen molar-refractivity contribution in [2.45, 2.75) is 45.4 Å². The van der Waals surface area contributed by atoms with E-state index < -0.39 is 0 Å². The molecule has 0 saturated heterocycles. The fourth-order valence-electron chi connectivity index (χ4n) is 5.22. The monoisotopic (exact) mass is 434 g/mol. The molecule has 1 aliphatic rings. The fourth-order valence-corrected chi connectivity index (χ4v) is 5.22. The summed E-state index contributed by atoms with van der Waals surface area (Å²) in [5.41, 5.74) is 5.40. The molecule has 1 aliphatic carbocycles. The van der Waals surface area contributed by atoms with Crippen molar-refractivity contribution in [2.24, 2.45) is 5.92 Å². The Morgan fingerprint density at radius 2 is 1.70 bits per heavy atom. The van der Waals surface area contributed by atoms with E-state index in [0.29, 0.717) is 17.8 Å². The van der Waals surface area contributed by atoms with Gasteiger partial charge in [0.1, 0.15) is 0 Å². The van der Waals surface area contributed by atoms with Crippen molar-refractivity contribution in [2.75, 3.05) is 0 Å². The Kier molecular flexibility index (Phi) is 5.72. The molecule has 0 saturated carbocycles. The molecule has 3 nitrogen and oxygen atoms in total. The minimum absolute atomic E-state index is 0.106. The zero-order valence-corrected chi connectivity index (χ0v) is 19.5. The van der Waals surface area contributed by atoms with Gasteiger partial charge in [-0.05, 0) is 47.1 Å². The summed E-state index contributed by atoms with van der Waals surface area (Å²) in [6, 6.07) is 24.7. The van der Waals surface area contributed by atoms with Crippen molar-refractivity contribution in [1.29, 1.82) is 0 Å². The molecule has 2 atom stereocenters. The Balaban J connectivity index is 1.73. The maximum atomic E-state index is 13.6. The number of benzene rings is 3. The van der Waals surface area contributed by atoms with Gasteiger partial charge in [0.2, 0.25) is 0 Å². The maximum absolute atomic E-state index is 13.6. The molecule has 0 fully saturated rings. The Bertz CT molecular complexity index is 1320. The van der Waals surface area contributed by atoms with E-state index in [0.717, 1.165) is 40.7 Å². The predicted molar refractivity (Wildman–Crippen MR) is 136 cm³/mol. The number of allylic oxidation sites excluding steroid dienone is 1. The second kappa shape index (κ2) is 8.82. The van der Waals surface area contributed by atoms with E-state index in [1.807, 2.05) is 36.4 Å². The number of carbonyl (C=O) groups is 1. The number of hydrogen-bond acceptors (Lipinski definition) is 2. The largest absolute Gasteiger partial charge is 0.271 e. The standard InChI is InChI=1S/C30H30N2O/c1-20(2)24-18-16-21(3)28-29(24)31-32(27(33)19-17-22-10-5-4-6-11-22)30(28)26-15-9-13-23-12-7-8-14-25(23)26/h4-15,17,19-21,24H,16,18H2,1-3H3/b19-17-/t21-,24+/m1/s1. The van der Waals surface area contributed by atoms with Crippen molar-refractivity contribution in [1.82, 2.24) is 9.78 Å². The van der Waals surface area contributed by atoms with Crippen LogP contribution in [-0.2, 0) is 0 Å². The lowest BCUT2D eigenvalue weighted by Gasteiger charge is -2.29. The van der Waals surface area contributed by atoms with Crippen LogP contribution in [0.1, 0.15) is 67.1 Å². The first kappa shape index (κ1) is 21.4. The van der Waals surface area contributed by atoms with Gasteiger partial charge < -0.3 is 0 Å². The topological polar surface area (TPSA) is 34.9 Å². The third-order valence-electron chi connectivity index (χ3n) is 6.98. The highest BCUT2D eigenvalue weighted by atomic mass is 16.2. The molecule has 0 radical (unpaired) electrons. The molecule has 33 heavy (non-hydrogen) atoms. The minimum atomic E-state index is -0.106. The predicted octanol–water partition coefficient (Wildman–Crippen LogP) is 7.69. The van der Waals surface area contributed by atoms with E-state index in [1.165, 1.54) is 10.9 Å². The Hall–Kier alpha value is -3.46. The molecular formula is C30H30N2O. The first-order valence-electron chi connectivity index (χ1n) is 11.9. The number of aromatic nitrogens is 2. The Labute approximate surface area is 195 Å². The Morgan fingerprint density at radius 3 is 2.48 bits per heavy atom. The van der Waals surface area contributed by atoms with Crippen LogP contribution in [0.2, 0.25) is 0 Å². The van der Waals surface area contributed by atoms with Crippen molar-refractivity contribution in [3.8, 4) is 11.3 Å². The number of rotatable bonds is 4. The van der Waals surface area contributed by atoms with Gasteiger partial charge in [-0.3, -0.25) is 4.79 Å². The molecule has 5 rings (SSSR count). The molecule has 1 heterocycles. The normalized spacial score (nSPS) is 18.2. The number of fused-ring (bicyclic) bond motifs is 2. The summed E-state index contributed by atoms with van der Waals surface area (Å²) < 4.78 is 1.67. The van der Waals surface area contributed by atoms with Crippen molar-refractivity contribution in [3.63, 3.8) is 0 Å². The van der Waals surface area contributed by atoms with Gasteiger partial charge in [-0.25, -0.2) is 0 Å². The summed E-state index contributed by atoms with van der Waals surface area (Å²) >= 11 is 0. The summed E-state index contributed by atoms with van der Waals surface area (Å²) in [6.45, 7) is 6.80. The van der Waals surface area contributed by atoms with Crippen molar-refractivity contribution in [3.05, 3.63) is 95.7 Å². The molecule has 0 aliphatic heterocycles. The molecule has 0 unspecified atom stereocenters. The SMILES string of the molecule is CC(C)[C@@H]1CC[C@@H](C)c2c1nn(C(=O)/C=C\c1ccccc1)c2-c1cccc2ccccc12. The third-order valence-corrected chi connectivity index (χ3v) is 6.98. The molecule has 4 aromatic rings. The minimum Gasteiger partial charge on any atom is -0.267 e. The van der Waals surface area contributed by atoms with Gasteiger partial charge in [-0.15, -0.1) is 0 Å². The highest BCUT2D eigenvalue weighted by molar-refractivity contribution is 6.01. The molecule has 1 aromatic heterocycles. The molecule has 0 N–H and O–H groups in total. The third kappa shape index (κ3) is 3.93. The molecule has 3 heteroatoms. The van der Waals surface area contributed by atoms with Crippen LogP contribution in [0.5, 0.6) is 0 Å². The molecular weight excluding hydrogens is 404 g/mol. The van der Waals surface area contributed by atoms with E-state index in [1.54, 1.807) is 10.8 Å². The zero-order valence-electron chi connectivity index (χ0n) is 19.5. The van der Waals surface area contributed by atoms with Crippen LogP contribution in [0.4, 0.5) is 0 Å². The molecule has 166 valence electrons. The number of carbonyl (C=O) groups excluding carboxylic acids is 1. The van der Waals surface area contributed by atoms with Crippen LogP contribution in [-0.4, -0.2) is 15.7 Å². The lowest BCUT2D eigenvalue weighted by molar-refractivity contribution is 0.0956. The van der Waals surface area contributed by atoms with Crippen LogP contribution in [0.25, 0.3) is 28.1 Å². The summed E-state index contributed by atoms with van der Waals surface area (Å²) in [4.78, 5) is 13.6. The van der Waals surface area contributed by atoms with Gasteiger partial charge in [0.05, 0.1) is 11.4 Å². The Morgan fingerprint density at radius 1 is 0.970 bits per heavy atom. The number of hydrogen-bond donors (Lipinski definition) is 0. The van der Waals surface area contributed by atoms with Crippen LogP contribution < -0.4 is 0 Å². The molecule has 0 amide bonds. The quantitative estimate of drug-likeness (QED) is 0.309. The first-order valence-corrected chi connectivity index (χ1v) is 11.9. The van der Waals surface area contributed by atoms with Crippen LogP contribution in [0.3, 0.4) is 0 Å². The van der Waals surface area contributed by atoms with Crippen molar-refractivity contribution < 1.29 is 4.79 Å². The molecule has 3 aromatic carbocycles. The fraction of sp³-hybridized carbons (Fsp3) is 0.267. The molecule has 0 bridgehead atoms. The first-order chi connectivity index (χ1) is 16.0. The zero-order chi connectivity index (χ0) is 22.9. The number of nitrogens with zero attached hydrogens (tertiary/aromatic N) is 2. The van der Waals surface area contributed by atoms with Gasteiger partial charge in [0.15, 0.2) is 0 Å². The van der Waals surface area contributed by atoms with E-state index in [2.05, 4.69) is 63.2 Å². The van der Waals surface area contributed by atoms with E-state index in [-0.39, 0.29) is 5.91 Å². The van der Waals surface area contributed by atoms with E-state index in [9.17, 15) is 4.79 Å². The highest BCUT2D eigenvalue weighted by Gasteiger charge is 2.35. The van der Waals surface area contributed by atoms with E-state index >= 15 is 0 Å². The summed E-state index contributed by atoms with van der Waals surface area (Å²) in [7, 11) is 0. The summed E-state index contributed by atoms with van der Waals surface area (Å²) in [5, 5.41) is 7.34. The highest BCUT2D eigenvalue weighted by Crippen LogP contribution is 2.47. The van der Waals surface area contributed by atoms with Gasteiger partial charge in [-0.2, -0.15) is 9.78 Å². The van der Waals surface area contributed by atoms with Crippen LogP contribution >= 0.6 is 0 Å². The second-order valence-electron chi connectivity index (χ2n) is 9.50. The van der Waals surface area contributed by atoms with Gasteiger partial charge >= 0.3 is 0 Å². The van der Waals surface area contributed by atoms with Crippen LogP contribution in [0, 0.1) is 5.92 Å².